The monoisotopic (exact) mass is 598 g/mol. The Kier molecular flexibility index (Phi) is 11.8. The highest BCUT2D eigenvalue weighted by Gasteiger charge is 2.04. The molecular weight excluding hydrogens is 564 g/mol. The summed E-state index contributed by atoms with van der Waals surface area (Å²) in [5.74, 6) is 2.64. The van der Waals surface area contributed by atoms with Gasteiger partial charge in [0.2, 0.25) is 0 Å². The summed E-state index contributed by atoms with van der Waals surface area (Å²) in [6.07, 6.45) is 10.2. The second kappa shape index (κ2) is 16.4. The molecule has 0 fully saturated rings. The summed E-state index contributed by atoms with van der Waals surface area (Å²) < 4.78 is 16.8. The van der Waals surface area contributed by atoms with Crippen LogP contribution in [-0.4, -0.2) is 29.9 Å². The predicted molar refractivity (Wildman–Crippen MR) is 167 cm³/mol. The van der Waals surface area contributed by atoms with Crippen LogP contribution in [0.15, 0.2) is 104 Å². The Morgan fingerprint density at radius 2 is 1.09 bits per heavy atom. The Morgan fingerprint density at radius 3 is 1.63 bits per heavy atom. The molecule has 0 saturated heterocycles. The van der Waals surface area contributed by atoms with E-state index in [-0.39, 0.29) is 0 Å². The molecule has 0 amide bonds. The van der Waals surface area contributed by atoms with Crippen molar-refractivity contribution in [1.82, 2.24) is 29.9 Å². The molecule has 3 heterocycles. The van der Waals surface area contributed by atoms with E-state index in [0.717, 1.165) is 51.0 Å². The van der Waals surface area contributed by atoms with Crippen LogP contribution >= 0.6 is 11.6 Å². The molecule has 0 aliphatic rings. The zero-order valence-corrected chi connectivity index (χ0v) is 25.1. The van der Waals surface area contributed by atoms with Gasteiger partial charge in [0.05, 0.1) is 54.7 Å². The molecule has 3 aromatic carbocycles. The molecule has 3 N–H and O–H groups in total. The minimum Gasteiger partial charge on any atom is -0.487 e. The molecule has 9 nitrogen and oxygen atoms in total. The number of benzene rings is 3. The van der Waals surface area contributed by atoms with E-state index in [0.29, 0.717) is 24.8 Å². The van der Waals surface area contributed by atoms with Gasteiger partial charge < -0.3 is 29.2 Å². The largest absolute Gasteiger partial charge is 0.487 e. The molecule has 0 unspecified atom stereocenters. The molecule has 0 bridgehead atoms. The zero-order valence-electron chi connectivity index (χ0n) is 24.4. The van der Waals surface area contributed by atoms with Crippen molar-refractivity contribution in [1.29, 1.82) is 0 Å². The molecule has 0 aliphatic carbocycles. The Morgan fingerprint density at radius 1 is 0.581 bits per heavy atom. The molecule has 43 heavy (non-hydrogen) atoms. The first-order chi connectivity index (χ1) is 21.0. The molecular formula is C33H35ClN6O3. The van der Waals surface area contributed by atoms with Crippen LogP contribution in [0.2, 0.25) is 5.02 Å². The number of rotatable bonds is 9. The fourth-order valence-electron chi connectivity index (χ4n) is 3.86. The van der Waals surface area contributed by atoms with Gasteiger partial charge in [0.1, 0.15) is 37.1 Å². The number of aromatic nitrogens is 6. The van der Waals surface area contributed by atoms with Gasteiger partial charge in [0.15, 0.2) is 0 Å². The molecule has 6 rings (SSSR count). The van der Waals surface area contributed by atoms with E-state index >= 15 is 0 Å². The summed E-state index contributed by atoms with van der Waals surface area (Å²) >= 11 is 5.81. The van der Waals surface area contributed by atoms with Crippen LogP contribution in [0.4, 0.5) is 0 Å². The maximum absolute atomic E-state index is 5.81. The van der Waals surface area contributed by atoms with Gasteiger partial charge >= 0.3 is 0 Å². The first-order valence-electron chi connectivity index (χ1n) is 13.7. The number of ether oxygens (including phenoxy) is 3. The number of nitrogens with zero attached hydrogens (tertiary/aromatic N) is 3. The van der Waals surface area contributed by atoms with Gasteiger partial charge in [-0.1, -0.05) is 54.1 Å². The van der Waals surface area contributed by atoms with E-state index in [1.54, 1.807) is 43.6 Å². The predicted octanol–water partition coefficient (Wildman–Crippen LogP) is 7.54. The molecule has 3 aromatic heterocycles. The number of hydrogen-bond donors (Lipinski definition) is 3. The van der Waals surface area contributed by atoms with Crippen LogP contribution in [0.1, 0.15) is 33.8 Å². The highest BCUT2D eigenvalue weighted by Crippen LogP contribution is 2.23. The Hall–Kier alpha value is -5.02. The molecule has 0 atom stereocenters. The lowest BCUT2D eigenvalue weighted by molar-refractivity contribution is 0.298. The third kappa shape index (κ3) is 10.4. The van der Waals surface area contributed by atoms with Crippen molar-refractivity contribution in [2.24, 2.45) is 0 Å². The van der Waals surface area contributed by atoms with Crippen molar-refractivity contribution in [2.75, 3.05) is 0 Å². The number of halogens is 1. The Bertz CT molecular complexity index is 1600. The molecule has 222 valence electrons. The average Bonchev–Trinajstić information content (AvgIpc) is 3.81. The van der Waals surface area contributed by atoms with Crippen molar-refractivity contribution in [2.45, 2.75) is 40.6 Å². The lowest BCUT2D eigenvalue weighted by atomic mass is 10.1. The number of H-pyrrole nitrogens is 3. The standard InChI is InChI=1S/C12H14N2O.C11H12N2O.C10H9ClN2O/c1-9-4-3-5-10(2)12(9)15-7-11-6-13-8-14-11;1-9-4-2-3-5-11(9)14-7-10-6-12-8-13-10;11-8-2-1-3-10(4-8)14-6-9-5-12-7-13-9/h3-6,8H,7H2,1-2H3,(H,13,14);2-6,8H,7H2,1H3,(H,12,13);1-5,7H,6H2,(H,12,13). The number of para-hydroxylation sites is 2. The fourth-order valence-corrected chi connectivity index (χ4v) is 4.04. The van der Waals surface area contributed by atoms with Crippen molar-refractivity contribution in [3.63, 3.8) is 0 Å². The van der Waals surface area contributed by atoms with E-state index < -0.39 is 0 Å². The summed E-state index contributed by atoms with van der Waals surface area (Å²) in [4.78, 5) is 20.7. The van der Waals surface area contributed by atoms with E-state index in [2.05, 4.69) is 55.9 Å². The highest BCUT2D eigenvalue weighted by atomic mass is 35.5. The van der Waals surface area contributed by atoms with Crippen molar-refractivity contribution < 1.29 is 14.2 Å². The minimum atomic E-state index is 0.473. The summed E-state index contributed by atoms with van der Waals surface area (Å²) in [6.45, 7) is 7.67. The molecule has 0 radical (unpaired) electrons. The van der Waals surface area contributed by atoms with Gasteiger partial charge in [0, 0.05) is 5.02 Å². The number of aryl methyl sites for hydroxylation is 3. The Labute approximate surface area is 256 Å². The van der Waals surface area contributed by atoms with Crippen LogP contribution in [0.5, 0.6) is 17.2 Å². The van der Waals surface area contributed by atoms with Crippen LogP contribution in [0.3, 0.4) is 0 Å². The van der Waals surface area contributed by atoms with Crippen molar-refractivity contribution in [3.8, 4) is 17.2 Å². The van der Waals surface area contributed by atoms with E-state index in [4.69, 9.17) is 25.8 Å². The summed E-state index contributed by atoms with van der Waals surface area (Å²) in [5, 5.41) is 0.673. The minimum absolute atomic E-state index is 0.473. The first kappa shape index (κ1) is 30.9. The molecule has 0 spiro atoms. The van der Waals surface area contributed by atoms with Crippen LogP contribution in [0.25, 0.3) is 0 Å². The molecule has 0 aliphatic heterocycles. The highest BCUT2D eigenvalue weighted by molar-refractivity contribution is 6.30. The Balaban J connectivity index is 0.000000148. The second-order valence-electron chi connectivity index (χ2n) is 9.54. The third-order valence-electron chi connectivity index (χ3n) is 6.11. The third-order valence-corrected chi connectivity index (χ3v) is 6.35. The van der Waals surface area contributed by atoms with E-state index in [1.165, 1.54) is 0 Å². The van der Waals surface area contributed by atoms with Crippen molar-refractivity contribution >= 4 is 11.6 Å². The summed E-state index contributed by atoms with van der Waals surface area (Å²) in [5.41, 5.74) is 6.37. The lowest BCUT2D eigenvalue weighted by Crippen LogP contribution is -1.98. The van der Waals surface area contributed by atoms with Crippen LogP contribution < -0.4 is 14.2 Å². The molecule has 0 saturated carbocycles. The summed E-state index contributed by atoms with van der Waals surface area (Å²) in [7, 11) is 0. The SMILES string of the molecule is Cc1cccc(C)c1OCc1cnc[nH]1.Cc1ccccc1OCc1cnc[nH]1.Clc1cccc(OCc2cnc[nH]2)c1. The summed E-state index contributed by atoms with van der Waals surface area (Å²) in [6, 6.07) is 21.4. The molecule has 6 aromatic rings. The van der Waals surface area contributed by atoms with Crippen LogP contribution in [0, 0.1) is 20.8 Å². The normalized spacial score (nSPS) is 10.1. The second-order valence-corrected chi connectivity index (χ2v) is 9.98. The van der Waals surface area contributed by atoms with Gasteiger partial charge in [-0.15, -0.1) is 0 Å². The van der Waals surface area contributed by atoms with Gasteiger partial charge in [-0.3, -0.25) is 0 Å². The van der Waals surface area contributed by atoms with Gasteiger partial charge in [-0.05, 0) is 61.7 Å². The van der Waals surface area contributed by atoms with Crippen molar-refractivity contribution in [3.05, 3.63) is 143 Å². The van der Waals surface area contributed by atoms with Gasteiger partial charge in [-0.2, -0.15) is 0 Å². The molecule has 10 heteroatoms. The van der Waals surface area contributed by atoms with Gasteiger partial charge in [-0.25, -0.2) is 15.0 Å². The first-order valence-corrected chi connectivity index (χ1v) is 14.0. The quantitative estimate of drug-likeness (QED) is 0.158. The number of nitrogens with one attached hydrogen (secondary N) is 3. The maximum atomic E-state index is 5.81. The maximum Gasteiger partial charge on any atom is 0.130 e. The number of aromatic amines is 3. The van der Waals surface area contributed by atoms with E-state index in [1.807, 2.05) is 55.5 Å². The topological polar surface area (TPSA) is 114 Å². The zero-order chi connectivity index (χ0) is 30.3. The van der Waals surface area contributed by atoms with E-state index in [9.17, 15) is 0 Å². The fraction of sp³-hybridized carbons (Fsp3) is 0.182. The van der Waals surface area contributed by atoms with Crippen LogP contribution in [-0.2, 0) is 19.8 Å². The smallest absolute Gasteiger partial charge is 0.130 e. The van der Waals surface area contributed by atoms with Gasteiger partial charge in [0.25, 0.3) is 0 Å². The number of hydrogen-bond acceptors (Lipinski definition) is 6. The average molecular weight is 599 g/mol. The lowest BCUT2D eigenvalue weighted by Gasteiger charge is -2.10. The number of imidazole rings is 3.